The maximum absolute atomic E-state index is 10.9. The van der Waals surface area contributed by atoms with Crippen LogP contribution in [0.5, 0.6) is 0 Å². The van der Waals surface area contributed by atoms with Crippen LogP contribution in [0.15, 0.2) is 0 Å². The molecule has 0 atom stereocenters. The molecule has 0 aliphatic carbocycles. The van der Waals surface area contributed by atoms with E-state index < -0.39 is 0 Å². The molecule has 0 saturated heterocycles. The fourth-order valence-corrected chi connectivity index (χ4v) is 4.67. The van der Waals surface area contributed by atoms with Crippen LogP contribution in [0.4, 0.5) is 0 Å². The van der Waals surface area contributed by atoms with Gasteiger partial charge in [0.05, 0.1) is 21.1 Å². The van der Waals surface area contributed by atoms with E-state index in [0.29, 0.717) is 6.42 Å². The first-order valence-corrected chi connectivity index (χ1v) is 12.2. The monoisotopic (exact) mass is 382 g/mol. The van der Waals surface area contributed by atoms with E-state index in [4.69, 9.17) is 23.2 Å². The molecular formula is C18H36Cl2O2Si. The molecule has 0 fully saturated rings. The van der Waals surface area contributed by atoms with Gasteiger partial charge in [-0.15, -0.1) is 23.2 Å². The van der Waals surface area contributed by atoms with Crippen molar-refractivity contribution in [3.05, 3.63) is 0 Å². The summed E-state index contributed by atoms with van der Waals surface area (Å²) in [5.41, 5.74) is 0. The Hall–Kier alpha value is 0.267. The third kappa shape index (κ3) is 20.2. The molecule has 0 heterocycles. The summed E-state index contributed by atoms with van der Waals surface area (Å²) in [4.78, 5) is 10.9. The van der Waals surface area contributed by atoms with Crippen LogP contribution >= 0.6 is 23.2 Å². The third-order valence-electron chi connectivity index (χ3n) is 4.28. The molecule has 0 aliphatic rings. The van der Waals surface area contributed by atoms with Crippen molar-refractivity contribution in [2.24, 2.45) is 0 Å². The highest BCUT2D eigenvalue weighted by Crippen LogP contribution is 2.14. The lowest BCUT2D eigenvalue weighted by atomic mass is 10.0. The van der Waals surface area contributed by atoms with Crippen molar-refractivity contribution in [2.75, 3.05) is 7.11 Å². The molecule has 0 bridgehead atoms. The molecule has 2 nitrogen and oxygen atoms in total. The van der Waals surface area contributed by atoms with Gasteiger partial charge < -0.3 is 4.74 Å². The zero-order valence-electron chi connectivity index (χ0n) is 15.0. The van der Waals surface area contributed by atoms with Crippen molar-refractivity contribution in [2.45, 2.75) is 100 Å². The molecule has 0 aliphatic heterocycles. The minimum Gasteiger partial charge on any atom is -0.469 e. The van der Waals surface area contributed by atoms with Gasteiger partial charge in [0.15, 0.2) is 0 Å². The van der Waals surface area contributed by atoms with Crippen molar-refractivity contribution in [3.8, 4) is 0 Å². The van der Waals surface area contributed by atoms with E-state index in [1.807, 2.05) is 0 Å². The van der Waals surface area contributed by atoms with Crippen LogP contribution in [0.1, 0.15) is 89.9 Å². The van der Waals surface area contributed by atoms with Crippen molar-refractivity contribution in [3.63, 3.8) is 0 Å². The second-order valence-corrected chi connectivity index (χ2v) is 10.9. The number of hydrogen-bond donors (Lipinski definition) is 0. The number of carbonyl (C=O) groups is 1. The second-order valence-electron chi connectivity index (χ2n) is 6.46. The molecule has 0 aromatic rings. The zero-order valence-corrected chi connectivity index (χ0v) is 17.9. The molecule has 0 aromatic carbocycles. The Kier molecular flexibility index (Phi) is 18.8. The summed E-state index contributed by atoms with van der Waals surface area (Å²) in [5.74, 6) is -0.0747. The summed E-state index contributed by atoms with van der Waals surface area (Å²) in [7, 11) is 1.25. The number of unbranched alkanes of at least 4 members (excludes halogenated alkanes) is 12. The topological polar surface area (TPSA) is 26.3 Å². The number of methoxy groups -OCH3 is 1. The Morgan fingerprint density at radius 3 is 1.57 bits per heavy atom. The average molecular weight is 383 g/mol. The Labute approximate surface area is 155 Å². The predicted molar refractivity (Wildman–Crippen MR) is 105 cm³/mol. The van der Waals surface area contributed by atoms with Crippen LogP contribution in [0.25, 0.3) is 0 Å². The van der Waals surface area contributed by atoms with Gasteiger partial charge in [-0.25, -0.2) is 0 Å². The maximum atomic E-state index is 10.9. The van der Waals surface area contributed by atoms with E-state index in [1.54, 1.807) is 0 Å². The van der Waals surface area contributed by atoms with Crippen LogP contribution in [-0.2, 0) is 9.53 Å². The molecule has 138 valence electrons. The quantitative estimate of drug-likeness (QED) is 0.134. The Morgan fingerprint density at radius 1 is 0.783 bits per heavy atom. The number of rotatable bonds is 17. The van der Waals surface area contributed by atoms with Crippen molar-refractivity contribution >= 4 is 38.7 Å². The van der Waals surface area contributed by atoms with Crippen LogP contribution < -0.4 is 0 Å². The first-order valence-electron chi connectivity index (χ1n) is 9.51. The van der Waals surface area contributed by atoms with Gasteiger partial charge in [0.2, 0.25) is 0 Å². The molecule has 23 heavy (non-hydrogen) atoms. The summed E-state index contributed by atoms with van der Waals surface area (Å²) < 4.78 is 4.59. The summed E-state index contributed by atoms with van der Waals surface area (Å²) in [6.07, 6.45) is 17.6. The lowest BCUT2D eigenvalue weighted by Crippen LogP contribution is -1.99. The molecule has 0 unspecified atom stereocenters. The van der Waals surface area contributed by atoms with Crippen molar-refractivity contribution in [1.82, 2.24) is 0 Å². The summed E-state index contributed by atoms with van der Waals surface area (Å²) >= 11 is 11.5. The molecule has 0 N–H and O–H groups in total. The standard InChI is InChI=1S/C18H36Cl2O2Si/c1-22-17(21)15-13-11-9-7-5-3-2-4-6-8-10-12-14-16-23-18(19)20/h18H,2-16,23H2,1H3. The van der Waals surface area contributed by atoms with Gasteiger partial charge in [0.1, 0.15) is 0 Å². The number of esters is 1. The molecule has 0 aromatic heterocycles. The predicted octanol–water partition coefficient (Wildman–Crippen LogP) is 5.97. The average Bonchev–Trinajstić information content (AvgIpc) is 2.53. The SMILES string of the molecule is COC(=O)CCCCCCCCCCCCCCC[SiH2]C(Cl)Cl. The van der Waals surface area contributed by atoms with Gasteiger partial charge in [-0.3, -0.25) is 4.79 Å². The van der Waals surface area contributed by atoms with E-state index >= 15 is 0 Å². The molecule has 0 rings (SSSR count). The minimum atomic E-state index is -0.213. The summed E-state index contributed by atoms with van der Waals surface area (Å²) in [5, 5.41) is 0. The van der Waals surface area contributed by atoms with E-state index in [1.165, 1.54) is 83.8 Å². The largest absolute Gasteiger partial charge is 0.469 e. The Balaban J connectivity index is 3.01. The number of ether oxygens (including phenoxy) is 1. The first kappa shape index (κ1) is 23.3. The van der Waals surface area contributed by atoms with E-state index in [0.717, 1.165) is 12.8 Å². The molecule has 0 amide bonds. The van der Waals surface area contributed by atoms with Crippen molar-refractivity contribution < 1.29 is 9.53 Å². The van der Waals surface area contributed by atoms with Gasteiger partial charge in [-0.2, -0.15) is 0 Å². The van der Waals surface area contributed by atoms with Gasteiger partial charge in [0.25, 0.3) is 0 Å². The molecule has 0 radical (unpaired) electrons. The highest BCUT2D eigenvalue weighted by Gasteiger charge is 2.00. The summed E-state index contributed by atoms with van der Waals surface area (Å²) in [6.45, 7) is 0. The fraction of sp³-hybridized carbons (Fsp3) is 0.944. The van der Waals surface area contributed by atoms with Gasteiger partial charge in [0, 0.05) is 6.42 Å². The third-order valence-corrected chi connectivity index (χ3v) is 6.93. The normalized spacial score (nSPS) is 11.7. The Morgan fingerprint density at radius 2 is 1.17 bits per heavy atom. The molecule has 0 spiro atoms. The number of hydrogen-bond acceptors (Lipinski definition) is 2. The van der Waals surface area contributed by atoms with Gasteiger partial charge >= 0.3 is 5.97 Å². The van der Waals surface area contributed by atoms with Crippen LogP contribution in [0.2, 0.25) is 6.04 Å². The molecular weight excluding hydrogens is 347 g/mol. The lowest BCUT2D eigenvalue weighted by molar-refractivity contribution is -0.140. The number of alkyl halides is 2. The Bertz CT molecular complexity index is 263. The molecule has 5 heteroatoms. The minimum absolute atomic E-state index is 0.0390. The van der Waals surface area contributed by atoms with Crippen LogP contribution in [0.3, 0.4) is 0 Å². The van der Waals surface area contributed by atoms with E-state index in [2.05, 4.69) is 4.74 Å². The van der Waals surface area contributed by atoms with Gasteiger partial charge in [-0.05, 0) is 6.42 Å². The highest BCUT2D eigenvalue weighted by molar-refractivity contribution is 6.68. The highest BCUT2D eigenvalue weighted by atomic mass is 35.5. The number of carbonyl (C=O) groups excluding carboxylic acids is 1. The zero-order chi connectivity index (χ0) is 17.2. The van der Waals surface area contributed by atoms with Crippen LogP contribution in [-0.4, -0.2) is 27.1 Å². The first-order chi connectivity index (χ1) is 11.2. The fourth-order valence-electron chi connectivity index (χ4n) is 2.79. The summed E-state index contributed by atoms with van der Waals surface area (Å²) in [6, 6.07) is 1.30. The maximum Gasteiger partial charge on any atom is 0.305 e. The van der Waals surface area contributed by atoms with Gasteiger partial charge in [-0.1, -0.05) is 83.1 Å². The van der Waals surface area contributed by atoms with Crippen LogP contribution in [0, 0.1) is 0 Å². The number of halogens is 2. The lowest BCUT2D eigenvalue weighted by Gasteiger charge is -2.03. The van der Waals surface area contributed by atoms with Crippen molar-refractivity contribution in [1.29, 1.82) is 0 Å². The van der Waals surface area contributed by atoms with E-state index in [9.17, 15) is 4.79 Å². The smallest absolute Gasteiger partial charge is 0.305 e. The second kappa shape index (κ2) is 18.6. The molecule has 0 saturated carbocycles. The van der Waals surface area contributed by atoms with E-state index in [-0.39, 0.29) is 19.9 Å².